The summed E-state index contributed by atoms with van der Waals surface area (Å²) in [5, 5.41) is 0. The van der Waals surface area contributed by atoms with Gasteiger partial charge in [0.15, 0.2) is 0 Å². The van der Waals surface area contributed by atoms with Gasteiger partial charge in [0.1, 0.15) is 4.21 Å². The Kier molecular flexibility index (Phi) is 2.93. The highest BCUT2D eigenvalue weighted by Gasteiger charge is 2.30. The van der Waals surface area contributed by atoms with Crippen LogP contribution in [0.2, 0.25) is 4.34 Å². The van der Waals surface area contributed by atoms with E-state index in [9.17, 15) is 8.42 Å². The summed E-state index contributed by atoms with van der Waals surface area (Å²) in [5.41, 5.74) is 1.82. The lowest BCUT2D eigenvalue weighted by atomic mass is 10.2. The summed E-state index contributed by atoms with van der Waals surface area (Å²) in [5.74, 6) is 0. The monoisotopic (exact) mass is 303 g/mol. The van der Waals surface area contributed by atoms with Crippen LogP contribution in [0.4, 0.5) is 0 Å². The molecule has 0 fully saturated rings. The molecule has 2 aromatic rings. The van der Waals surface area contributed by atoms with Crippen molar-refractivity contribution in [2.45, 2.75) is 17.2 Å². The minimum absolute atomic E-state index is 0.287. The Labute approximate surface area is 113 Å². The second-order valence-corrected chi connectivity index (χ2v) is 7.85. The molecule has 0 saturated heterocycles. The fourth-order valence-corrected chi connectivity index (χ4v) is 5.00. The van der Waals surface area contributed by atoms with Gasteiger partial charge in [-0.3, -0.25) is 0 Å². The van der Waals surface area contributed by atoms with Crippen LogP contribution in [-0.2, 0) is 23.0 Å². The molecule has 1 aliphatic heterocycles. The topological polar surface area (TPSA) is 66.1 Å². The summed E-state index contributed by atoms with van der Waals surface area (Å²) < 4.78 is 27.0. The Morgan fingerprint density at radius 3 is 3.00 bits per heavy atom. The van der Waals surface area contributed by atoms with E-state index in [1.165, 1.54) is 4.31 Å². The molecular weight excluding hydrogens is 294 g/mol. The first-order valence-electron chi connectivity index (χ1n) is 5.34. The lowest BCUT2D eigenvalue weighted by Crippen LogP contribution is -2.35. The second-order valence-electron chi connectivity index (χ2n) is 3.97. The van der Waals surface area contributed by atoms with E-state index >= 15 is 0 Å². The van der Waals surface area contributed by atoms with Gasteiger partial charge in [-0.2, -0.15) is 4.31 Å². The molecule has 0 spiro atoms. The Balaban J connectivity index is 1.92. The predicted octanol–water partition coefficient (Wildman–Crippen LogP) is 1.87. The number of H-pyrrole nitrogens is 1. The number of rotatable bonds is 2. The number of fused-ring (bicyclic) bond motifs is 1. The summed E-state index contributed by atoms with van der Waals surface area (Å²) in [6.45, 7) is 0.795. The van der Waals surface area contributed by atoms with Crippen molar-refractivity contribution in [3.05, 3.63) is 34.2 Å². The highest BCUT2D eigenvalue weighted by Crippen LogP contribution is 2.30. The number of aromatic amines is 1. The second kappa shape index (κ2) is 4.34. The van der Waals surface area contributed by atoms with Crippen molar-refractivity contribution >= 4 is 33.0 Å². The summed E-state index contributed by atoms with van der Waals surface area (Å²) in [7, 11) is -3.44. The molecule has 3 rings (SSSR count). The van der Waals surface area contributed by atoms with Gasteiger partial charge in [0.25, 0.3) is 10.0 Å². The normalized spacial score (nSPS) is 16.7. The molecule has 3 heterocycles. The van der Waals surface area contributed by atoms with Crippen molar-refractivity contribution in [3.63, 3.8) is 0 Å². The molecule has 8 heteroatoms. The SMILES string of the molecule is O=S(=O)(c1ccc(Cl)s1)N1CCc2nc[nH]c2C1. The van der Waals surface area contributed by atoms with E-state index in [4.69, 9.17) is 11.6 Å². The summed E-state index contributed by atoms with van der Waals surface area (Å²) in [6, 6.07) is 3.15. The number of nitrogens with one attached hydrogen (secondary N) is 1. The predicted molar refractivity (Wildman–Crippen MR) is 69.2 cm³/mol. The molecule has 0 atom stereocenters. The zero-order chi connectivity index (χ0) is 12.8. The van der Waals surface area contributed by atoms with E-state index in [0.29, 0.717) is 23.8 Å². The molecule has 1 N–H and O–H groups in total. The van der Waals surface area contributed by atoms with Gasteiger partial charge in [0.05, 0.1) is 28.6 Å². The standard InChI is InChI=1S/C10H10ClN3O2S2/c11-9-1-2-10(17-9)18(15,16)14-4-3-7-8(5-14)13-6-12-7/h1-2,6H,3-5H2,(H,12,13). The van der Waals surface area contributed by atoms with Crippen molar-refractivity contribution in [2.75, 3.05) is 6.54 Å². The third kappa shape index (κ3) is 1.97. The van der Waals surface area contributed by atoms with Crippen molar-refractivity contribution in [3.8, 4) is 0 Å². The average Bonchev–Trinajstić information content (AvgIpc) is 2.96. The number of hydrogen-bond donors (Lipinski definition) is 1. The number of nitrogens with zero attached hydrogens (tertiary/aromatic N) is 2. The van der Waals surface area contributed by atoms with Gasteiger partial charge in [-0.25, -0.2) is 13.4 Å². The maximum Gasteiger partial charge on any atom is 0.252 e. The molecule has 0 unspecified atom stereocenters. The maximum atomic E-state index is 12.4. The minimum atomic E-state index is -3.44. The molecule has 0 aliphatic carbocycles. The van der Waals surface area contributed by atoms with Crippen molar-refractivity contribution in [1.82, 2.24) is 14.3 Å². The molecule has 0 radical (unpaired) electrons. The largest absolute Gasteiger partial charge is 0.347 e. The molecule has 18 heavy (non-hydrogen) atoms. The van der Waals surface area contributed by atoms with Gasteiger partial charge >= 0.3 is 0 Å². The van der Waals surface area contributed by atoms with E-state index in [-0.39, 0.29) is 4.21 Å². The Morgan fingerprint density at radius 2 is 2.28 bits per heavy atom. The molecule has 0 bridgehead atoms. The van der Waals surface area contributed by atoms with Crippen LogP contribution in [0.3, 0.4) is 0 Å². The van der Waals surface area contributed by atoms with Gasteiger partial charge in [0.2, 0.25) is 0 Å². The van der Waals surface area contributed by atoms with Gasteiger partial charge in [-0.1, -0.05) is 11.6 Å². The Morgan fingerprint density at radius 1 is 1.44 bits per heavy atom. The number of sulfonamides is 1. The number of halogens is 1. The van der Waals surface area contributed by atoms with Gasteiger partial charge in [-0.15, -0.1) is 11.3 Å². The van der Waals surface area contributed by atoms with Gasteiger partial charge < -0.3 is 4.98 Å². The third-order valence-corrected chi connectivity index (χ3v) is 6.43. The average molecular weight is 304 g/mol. The van der Waals surface area contributed by atoms with Crippen LogP contribution in [0, 0.1) is 0 Å². The molecule has 5 nitrogen and oxygen atoms in total. The quantitative estimate of drug-likeness (QED) is 0.921. The lowest BCUT2D eigenvalue weighted by Gasteiger charge is -2.24. The molecule has 0 aromatic carbocycles. The van der Waals surface area contributed by atoms with E-state index in [1.54, 1.807) is 18.5 Å². The fraction of sp³-hybridized carbons (Fsp3) is 0.300. The lowest BCUT2D eigenvalue weighted by molar-refractivity contribution is 0.386. The van der Waals surface area contributed by atoms with Gasteiger partial charge in [0, 0.05) is 13.0 Å². The number of thiophene rings is 1. The first-order valence-corrected chi connectivity index (χ1v) is 7.97. The zero-order valence-electron chi connectivity index (χ0n) is 9.26. The summed E-state index contributed by atoms with van der Waals surface area (Å²) >= 11 is 6.87. The fourth-order valence-electron chi connectivity index (χ4n) is 1.96. The number of hydrogen-bond acceptors (Lipinski definition) is 4. The Bertz CT molecular complexity index is 677. The van der Waals surface area contributed by atoms with Crippen molar-refractivity contribution in [1.29, 1.82) is 0 Å². The van der Waals surface area contributed by atoms with Crippen LogP contribution >= 0.6 is 22.9 Å². The van der Waals surface area contributed by atoms with Crippen LogP contribution in [0.5, 0.6) is 0 Å². The number of aromatic nitrogens is 2. The maximum absolute atomic E-state index is 12.4. The molecule has 96 valence electrons. The van der Waals surface area contributed by atoms with E-state index in [0.717, 1.165) is 22.7 Å². The smallest absolute Gasteiger partial charge is 0.252 e. The van der Waals surface area contributed by atoms with Crippen molar-refractivity contribution < 1.29 is 8.42 Å². The van der Waals surface area contributed by atoms with Crippen LogP contribution in [0.1, 0.15) is 11.4 Å². The first-order chi connectivity index (χ1) is 8.57. The van der Waals surface area contributed by atoms with Crippen LogP contribution in [-0.4, -0.2) is 29.2 Å². The first kappa shape index (κ1) is 12.2. The summed E-state index contributed by atoms with van der Waals surface area (Å²) in [6.07, 6.45) is 2.24. The van der Waals surface area contributed by atoms with Gasteiger partial charge in [-0.05, 0) is 12.1 Å². The van der Waals surface area contributed by atoms with Crippen LogP contribution < -0.4 is 0 Å². The molecular formula is C10H10ClN3O2S2. The molecule has 2 aromatic heterocycles. The Hall–Kier alpha value is -0.890. The highest BCUT2D eigenvalue weighted by molar-refractivity contribution is 7.91. The van der Waals surface area contributed by atoms with E-state index in [1.807, 2.05) is 0 Å². The van der Waals surface area contributed by atoms with Crippen LogP contribution in [0.25, 0.3) is 0 Å². The molecule has 0 saturated carbocycles. The molecule has 0 amide bonds. The number of imidazole rings is 1. The highest BCUT2D eigenvalue weighted by atomic mass is 35.5. The van der Waals surface area contributed by atoms with Crippen molar-refractivity contribution in [2.24, 2.45) is 0 Å². The molecule has 1 aliphatic rings. The third-order valence-electron chi connectivity index (χ3n) is 2.88. The van der Waals surface area contributed by atoms with E-state index in [2.05, 4.69) is 9.97 Å². The summed E-state index contributed by atoms with van der Waals surface area (Å²) in [4.78, 5) is 7.13. The van der Waals surface area contributed by atoms with Crippen LogP contribution in [0.15, 0.2) is 22.7 Å². The zero-order valence-corrected chi connectivity index (χ0v) is 11.6. The minimum Gasteiger partial charge on any atom is -0.347 e. The van der Waals surface area contributed by atoms with E-state index < -0.39 is 10.0 Å².